The number of rotatable bonds is 11. The van der Waals surface area contributed by atoms with Gasteiger partial charge in [-0.05, 0) is 35.4 Å². The van der Waals surface area contributed by atoms with Crippen LogP contribution in [0.2, 0.25) is 0 Å². The Hall–Kier alpha value is -12.0. The number of benzene rings is 15. The molecule has 6 nitrogen and oxygen atoms in total. The average Bonchev–Trinajstić information content (AvgIpc) is 1.03. The van der Waals surface area contributed by atoms with Crippen molar-refractivity contribution in [1.29, 1.82) is 0 Å². The third-order valence-electron chi connectivity index (χ3n) is 20.4. The van der Waals surface area contributed by atoms with Crippen LogP contribution in [0.25, 0.3) is 39.8 Å². The molecule has 0 amide bonds. The van der Waals surface area contributed by atoms with Crippen LogP contribution in [-0.4, -0.2) is 33.9 Å². The zero-order valence-electron chi connectivity index (χ0n) is 53.8. The standard InChI is InChI=1S/C90H59B2N5OTe/c1-7-29-60(30-8-1)69-41-19-24-46-77(69)94(64-37-15-5-16-38-64)68-55-84-90-86(56-68)98-85-59-81-75(58-76(85)92(90)74-45-23-27-49-80(74)97(84)78-47-25-20-42-70(78)61-31-9-2-10-32-61)91-73-44-22-26-48-79(73)95(65-39-17-6-18-40-65)82-53-67(93(62-33-11-3-12-34-62)63-35-13-4-14-36-63)54-83(89(82)91)96(81)66-51-52-72-71-43-21-28-50-87(71)99-88(72)57-66/h1-59H. The van der Waals surface area contributed by atoms with E-state index in [2.05, 4.69) is 382 Å². The monoisotopic (exact) mass is 1380 g/mol. The molecule has 0 bridgehead atoms. The van der Waals surface area contributed by atoms with Crippen molar-refractivity contribution in [2.24, 2.45) is 0 Å². The Morgan fingerprint density at radius 1 is 0.263 bits per heavy atom. The maximum Gasteiger partial charge on any atom is -0.0543 e. The van der Waals surface area contributed by atoms with Gasteiger partial charge in [0.25, 0.3) is 0 Å². The van der Waals surface area contributed by atoms with E-state index in [0.29, 0.717) is 0 Å². The Labute approximate surface area is 586 Å². The van der Waals surface area contributed by atoms with Crippen molar-refractivity contribution >= 4 is 170 Å². The molecule has 20 rings (SSSR count). The zero-order valence-corrected chi connectivity index (χ0v) is 56.1. The summed E-state index contributed by atoms with van der Waals surface area (Å²) in [5, 5.41) is 2.70. The third-order valence-corrected chi connectivity index (χ3v) is 23.6. The summed E-state index contributed by atoms with van der Waals surface area (Å²) in [5.41, 5.74) is 28.0. The summed E-state index contributed by atoms with van der Waals surface area (Å²) >= 11 is -0.713. The van der Waals surface area contributed by atoms with Gasteiger partial charge in [-0.15, -0.1) is 0 Å². The Morgan fingerprint density at radius 3 is 1.39 bits per heavy atom. The van der Waals surface area contributed by atoms with Gasteiger partial charge in [0.2, 0.25) is 0 Å². The summed E-state index contributed by atoms with van der Waals surface area (Å²) in [5.74, 6) is 1.64. The fourth-order valence-electron chi connectivity index (χ4n) is 16.3. The molecule has 462 valence electrons. The molecule has 16 aromatic rings. The van der Waals surface area contributed by atoms with E-state index in [9.17, 15) is 0 Å². The Kier molecular flexibility index (Phi) is 13.5. The number of nitrogens with zero attached hydrogens (tertiary/aromatic N) is 5. The van der Waals surface area contributed by atoms with Crippen molar-refractivity contribution in [2.45, 2.75) is 0 Å². The van der Waals surface area contributed by atoms with Crippen molar-refractivity contribution < 1.29 is 4.74 Å². The van der Waals surface area contributed by atoms with Gasteiger partial charge in [-0.3, -0.25) is 0 Å². The SMILES string of the molecule is c1ccc(-c2ccccc2N(c2ccccc2)c2cc3c4c(c2)N(c2ccccc2-c2ccccc2)c2ccccc2B4c2cc4c(cc2O3)N(c2ccc3c(c2)[te]c2ccccc23)c2cc(N(c3ccccc3)c3ccccc3)cc3c2B4c2ccccc2N3c2ccccc2)cc1. The van der Waals surface area contributed by atoms with E-state index in [1.54, 1.807) is 0 Å². The molecular formula is C90H59B2N5OTe. The van der Waals surface area contributed by atoms with Crippen LogP contribution in [0.15, 0.2) is 358 Å². The smallest absolute Gasteiger partial charge is 0.0543 e. The predicted molar refractivity (Wildman–Crippen MR) is 419 cm³/mol. The second-order valence-electron chi connectivity index (χ2n) is 25.9. The van der Waals surface area contributed by atoms with E-state index in [1.165, 1.54) is 39.4 Å². The molecule has 0 saturated carbocycles. The Balaban J connectivity index is 0.881. The second kappa shape index (κ2) is 23.4. The van der Waals surface area contributed by atoms with Crippen molar-refractivity contribution in [1.82, 2.24) is 0 Å². The fraction of sp³-hybridized carbons (Fsp3) is 0. The van der Waals surface area contributed by atoms with E-state index in [-0.39, 0.29) is 13.4 Å². The molecule has 0 atom stereocenters. The van der Waals surface area contributed by atoms with E-state index in [4.69, 9.17) is 4.74 Å². The predicted octanol–water partition coefficient (Wildman–Crippen LogP) is 19.8. The van der Waals surface area contributed by atoms with Crippen LogP contribution in [0.5, 0.6) is 11.5 Å². The van der Waals surface area contributed by atoms with Crippen molar-refractivity contribution in [3.05, 3.63) is 358 Å². The molecule has 0 N–H and O–H groups in total. The number of anilines is 15. The number of fused-ring (bicyclic) bond motifs is 11. The van der Waals surface area contributed by atoms with Crippen molar-refractivity contribution in [3.8, 4) is 33.8 Å². The molecule has 4 aliphatic rings. The summed E-state index contributed by atoms with van der Waals surface area (Å²) in [6, 6.07) is 132. The molecule has 4 aliphatic heterocycles. The summed E-state index contributed by atoms with van der Waals surface area (Å²) in [6.45, 7) is -0.423. The Morgan fingerprint density at radius 2 is 0.737 bits per heavy atom. The van der Waals surface area contributed by atoms with E-state index < -0.39 is 20.4 Å². The molecule has 0 saturated heterocycles. The third kappa shape index (κ3) is 9.26. The summed E-state index contributed by atoms with van der Waals surface area (Å²) in [6.07, 6.45) is 0. The van der Waals surface area contributed by atoms with Crippen LogP contribution >= 0.6 is 0 Å². The molecular weight excluding hydrogens is 1320 g/mol. The first kappa shape index (κ1) is 57.3. The first-order valence-corrected chi connectivity index (χ1v) is 36.3. The van der Waals surface area contributed by atoms with E-state index >= 15 is 0 Å². The van der Waals surface area contributed by atoms with Crippen molar-refractivity contribution in [2.75, 3.05) is 24.5 Å². The van der Waals surface area contributed by atoms with Gasteiger partial charge in [0.05, 0.1) is 11.4 Å². The minimum absolute atomic E-state index is 0.188. The fourth-order valence-corrected chi connectivity index (χ4v) is 19.5. The summed E-state index contributed by atoms with van der Waals surface area (Å²) in [7, 11) is 0. The first-order valence-electron chi connectivity index (χ1n) is 34.0. The molecule has 9 heteroatoms. The van der Waals surface area contributed by atoms with Gasteiger partial charge in [0, 0.05) is 16.8 Å². The summed E-state index contributed by atoms with van der Waals surface area (Å²) in [4.78, 5) is 12.5. The number of hydrogen-bond donors (Lipinski definition) is 0. The zero-order chi connectivity index (χ0) is 65.1. The van der Waals surface area contributed by atoms with E-state index in [0.717, 1.165) is 130 Å². The van der Waals surface area contributed by atoms with Crippen LogP contribution in [0.1, 0.15) is 0 Å². The van der Waals surface area contributed by atoms with Crippen molar-refractivity contribution in [3.63, 3.8) is 0 Å². The largest absolute Gasteiger partial charge is 0.0616 e. The van der Waals surface area contributed by atoms with Gasteiger partial charge in [0.1, 0.15) is 0 Å². The molecule has 0 fully saturated rings. The molecule has 5 heterocycles. The van der Waals surface area contributed by atoms with Gasteiger partial charge in [-0.2, -0.15) is 0 Å². The average molecular weight is 1380 g/mol. The normalized spacial score (nSPS) is 12.8. The maximum absolute atomic E-state index is 8.01. The summed E-state index contributed by atoms with van der Waals surface area (Å²) < 4.78 is 10.9. The van der Waals surface area contributed by atoms with Gasteiger partial charge in [-0.25, -0.2) is 0 Å². The topological polar surface area (TPSA) is 25.4 Å². The van der Waals surface area contributed by atoms with Gasteiger partial charge in [0.15, 0.2) is 0 Å². The molecule has 0 spiro atoms. The second-order valence-corrected chi connectivity index (χ2v) is 29.0. The van der Waals surface area contributed by atoms with Gasteiger partial charge < -0.3 is 0 Å². The maximum atomic E-state index is 8.01. The van der Waals surface area contributed by atoms with Gasteiger partial charge in [-0.1, -0.05) is 121 Å². The van der Waals surface area contributed by atoms with Crippen LogP contribution in [-0.2, 0) is 0 Å². The first-order chi connectivity index (χ1) is 49.1. The number of hydrogen-bond acceptors (Lipinski definition) is 6. The van der Waals surface area contributed by atoms with Crippen LogP contribution in [0.3, 0.4) is 0 Å². The molecule has 1 aromatic heterocycles. The number of para-hydroxylation sites is 8. The molecule has 0 aliphatic carbocycles. The molecule has 99 heavy (non-hydrogen) atoms. The minimum Gasteiger partial charge on any atom is -0.0616 e. The van der Waals surface area contributed by atoms with E-state index in [1.807, 2.05) is 0 Å². The minimum atomic E-state index is -0.713. The molecule has 0 radical (unpaired) electrons. The van der Waals surface area contributed by atoms with Crippen LogP contribution < -0.4 is 62.0 Å². The molecule has 15 aromatic carbocycles. The van der Waals surface area contributed by atoms with Gasteiger partial charge >= 0.3 is 406 Å². The van der Waals surface area contributed by atoms with Crippen LogP contribution in [0, 0.1) is 0 Å². The van der Waals surface area contributed by atoms with Crippen LogP contribution in [0.4, 0.5) is 85.3 Å². The molecule has 0 unspecified atom stereocenters. The number of ether oxygens (including phenoxy) is 1. The Bertz CT molecular complexity index is 5800. The quantitative estimate of drug-likeness (QED) is 0.120.